The van der Waals surface area contributed by atoms with Gasteiger partial charge in [-0.3, -0.25) is 4.90 Å². The van der Waals surface area contributed by atoms with Gasteiger partial charge in [0.2, 0.25) is 0 Å². The van der Waals surface area contributed by atoms with Crippen molar-refractivity contribution in [3.63, 3.8) is 0 Å². The van der Waals surface area contributed by atoms with Crippen molar-refractivity contribution in [2.24, 2.45) is 17.8 Å². The average Bonchev–Trinajstić information content (AvgIpc) is 2.88. The van der Waals surface area contributed by atoms with Gasteiger partial charge in [0.15, 0.2) is 0 Å². The molecule has 0 spiro atoms. The third kappa shape index (κ3) is 2.84. The van der Waals surface area contributed by atoms with Crippen LogP contribution in [0.5, 0.6) is 0 Å². The molecular formula is C13H23NO2. The van der Waals surface area contributed by atoms with Crippen LogP contribution in [-0.4, -0.2) is 50.0 Å². The molecule has 2 bridgehead atoms. The molecule has 3 unspecified atom stereocenters. The molecule has 0 heterocycles. The summed E-state index contributed by atoms with van der Waals surface area (Å²) in [5.74, 6) is 2.44. The minimum Gasteiger partial charge on any atom is -0.395 e. The number of ether oxygens (including phenoxy) is 1. The van der Waals surface area contributed by atoms with Gasteiger partial charge < -0.3 is 9.84 Å². The molecule has 1 saturated carbocycles. The molecule has 0 radical (unpaired) electrons. The van der Waals surface area contributed by atoms with Gasteiger partial charge in [0, 0.05) is 26.7 Å². The van der Waals surface area contributed by atoms with E-state index in [1.54, 1.807) is 7.11 Å². The lowest BCUT2D eigenvalue weighted by atomic mass is 9.93. The van der Waals surface area contributed by atoms with Crippen LogP contribution in [0.4, 0.5) is 0 Å². The molecular weight excluding hydrogens is 202 g/mol. The van der Waals surface area contributed by atoms with Crippen molar-refractivity contribution < 1.29 is 9.84 Å². The molecule has 0 aromatic rings. The first-order chi connectivity index (χ1) is 7.83. The van der Waals surface area contributed by atoms with Gasteiger partial charge in [-0.25, -0.2) is 0 Å². The van der Waals surface area contributed by atoms with Crippen LogP contribution in [0.1, 0.15) is 12.8 Å². The first-order valence-electron chi connectivity index (χ1n) is 6.34. The molecule has 92 valence electrons. The van der Waals surface area contributed by atoms with Crippen LogP contribution in [-0.2, 0) is 4.74 Å². The molecule has 2 rings (SSSR count). The van der Waals surface area contributed by atoms with E-state index in [1.807, 2.05) is 0 Å². The number of aliphatic hydroxyl groups is 1. The Labute approximate surface area is 98.1 Å². The van der Waals surface area contributed by atoms with E-state index >= 15 is 0 Å². The van der Waals surface area contributed by atoms with Gasteiger partial charge in [0.25, 0.3) is 0 Å². The molecule has 2 aliphatic rings. The second kappa shape index (κ2) is 5.80. The lowest BCUT2D eigenvalue weighted by Gasteiger charge is -2.27. The number of nitrogens with zero attached hydrogens (tertiary/aromatic N) is 1. The fourth-order valence-electron chi connectivity index (χ4n) is 3.09. The molecule has 0 saturated heterocycles. The molecule has 1 fully saturated rings. The van der Waals surface area contributed by atoms with Crippen molar-refractivity contribution in [1.82, 2.24) is 4.90 Å². The minimum absolute atomic E-state index is 0.250. The van der Waals surface area contributed by atoms with E-state index in [-0.39, 0.29) is 6.61 Å². The summed E-state index contributed by atoms with van der Waals surface area (Å²) >= 11 is 0. The number of rotatable bonds is 7. The van der Waals surface area contributed by atoms with Crippen LogP contribution in [0.15, 0.2) is 12.2 Å². The predicted octanol–water partition coefficient (Wildman–Crippen LogP) is 1.14. The third-order valence-electron chi connectivity index (χ3n) is 3.94. The molecule has 0 aliphatic heterocycles. The van der Waals surface area contributed by atoms with Crippen LogP contribution < -0.4 is 0 Å². The molecule has 0 amide bonds. The van der Waals surface area contributed by atoms with E-state index in [2.05, 4.69) is 17.1 Å². The summed E-state index contributed by atoms with van der Waals surface area (Å²) < 4.78 is 5.11. The van der Waals surface area contributed by atoms with Gasteiger partial charge in [-0.15, -0.1) is 0 Å². The zero-order valence-electron chi connectivity index (χ0n) is 10.1. The second-order valence-corrected chi connectivity index (χ2v) is 5.06. The topological polar surface area (TPSA) is 32.7 Å². The molecule has 16 heavy (non-hydrogen) atoms. The third-order valence-corrected chi connectivity index (χ3v) is 3.94. The first-order valence-corrected chi connectivity index (χ1v) is 6.34. The van der Waals surface area contributed by atoms with Crippen LogP contribution in [0.2, 0.25) is 0 Å². The largest absolute Gasteiger partial charge is 0.395 e. The van der Waals surface area contributed by atoms with E-state index in [0.29, 0.717) is 0 Å². The highest BCUT2D eigenvalue weighted by Gasteiger charge is 2.36. The van der Waals surface area contributed by atoms with Crippen LogP contribution in [0, 0.1) is 17.8 Å². The Morgan fingerprint density at radius 2 is 2.19 bits per heavy atom. The molecule has 3 atom stereocenters. The number of allylic oxidation sites excluding steroid dienone is 2. The van der Waals surface area contributed by atoms with E-state index in [9.17, 15) is 0 Å². The Bertz CT molecular complexity index is 242. The summed E-state index contributed by atoms with van der Waals surface area (Å²) in [5.41, 5.74) is 0. The number of aliphatic hydroxyl groups excluding tert-OH is 1. The van der Waals surface area contributed by atoms with Crippen molar-refractivity contribution in [1.29, 1.82) is 0 Å². The van der Waals surface area contributed by atoms with Gasteiger partial charge >= 0.3 is 0 Å². The normalized spacial score (nSPS) is 31.8. The summed E-state index contributed by atoms with van der Waals surface area (Å²) in [7, 11) is 1.73. The Balaban J connectivity index is 1.78. The first kappa shape index (κ1) is 12.1. The Morgan fingerprint density at radius 3 is 2.75 bits per heavy atom. The molecule has 2 aliphatic carbocycles. The Kier molecular flexibility index (Phi) is 4.38. The lowest BCUT2D eigenvalue weighted by molar-refractivity contribution is 0.115. The second-order valence-electron chi connectivity index (χ2n) is 5.06. The van der Waals surface area contributed by atoms with E-state index in [0.717, 1.165) is 44.0 Å². The number of hydrogen-bond donors (Lipinski definition) is 1. The van der Waals surface area contributed by atoms with E-state index in [4.69, 9.17) is 9.84 Å². The monoisotopic (exact) mass is 225 g/mol. The summed E-state index contributed by atoms with van der Waals surface area (Å²) in [6.07, 6.45) is 7.48. The number of hydrogen-bond acceptors (Lipinski definition) is 3. The van der Waals surface area contributed by atoms with Gasteiger partial charge in [-0.1, -0.05) is 12.2 Å². The Morgan fingerprint density at radius 1 is 1.31 bits per heavy atom. The SMILES string of the molecule is COCCN(CCO)CC1CC2C=CC1C2. The number of fused-ring (bicyclic) bond motifs is 2. The summed E-state index contributed by atoms with van der Waals surface area (Å²) in [4.78, 5) is 2.34. The van der Waals surface area contributed by atoms with Crippen molar-refractivity contribution in [2.75, 3.05) is 40.0 Å². The molecule has 3 nitrogen and oxygen atoms in total. The van der Waals surface area contributed by atoms with E-state index in [1.165, 1.54) is 12.8 Å². The highest BCUT2D eigenvalue weighted by atomic mass is 16.5. The highest BCUT2D eigenvalue weighted by Crippen LogP contribution is 2.43. The summed E-state index contributed by atoms with van der Waals surface area (Å²) in [6, 6.07) is 0. The molecule has 0 aromatic heterocycles. The smallest absolute Gasteiger partial charge is 0.0589 e. The van der Waals surface area contributed by atoms with E-state index < -0.39 is 0 Å². The van der Waals surface area contributed by atoms with Crippen molar-refractivity contribution >= 4 is 0 Å². The fourth-order valence-corrected chi connectivity index (χ4v) is 3.09. The quantitative estimate of drug-likeness (QED) is 0.660. The molecule has 1 N–H and O–H groups in total. The van der Waals surface area contributed by atoms with Crippen molar-refractivity contribution in [3.8, 4) is 0 Å². The maximum atomic E-state index is 9.05. The minimum atomic E-state index is 0.250. The summed E-state index contributed by atoms with van der Waals surface area (Å²) in [6.45, 7) is 3.85. The zero-order chi connectivity index (χ0) is 11.4. The Hall–Kier alpha value is -0.380. The zero-order valence-corrected chi connectivity index (χ0v) is 10.1. The average molecular weight is 225 g/mol. The van der Waals surface area contributed by atoms with Crippen molar-refractivity contribution in [2.45, 2.75) is 12.8 Å². The van der Waals surface area contributed by atoms with Gasteiger partial charge in [0.1, 0.15) is 0 Å². The lowest BCUT2D eigenvalue weighted by Crippen LogP contribution is -2.35. The maximum Gasteiger partial charge on any atom is 0.0589 e. The van der Waals surface area contributed by atoms with Crippen LogP contribution >= 0.6 is 0 Å². The summed E-state index contributed by atoms with van der Waals surface area (Å²) in [5, 5.41) is 9.05. The van der Waals surface area contributed by atoms with Crippen molar-refractivity contribution in [3.05, 3.63) is 12.2 Å². The van der Waals surface area contributed by atoms with Crippen LogP contribution in [0.3, 0.4) is 0 Å². The molecule has 3 heteroatoms. The highest BCUT2D eigenvalue weighted by molar-refractivity contribution is 5.10. The fraction of sp³-hybridized carbons (Fsp3) is 0.846. The maximum absolute atomic E-state index is 9.05. The standard InChI is InChI=1S/C13H23NO2/c1-16-7-5-14(4-6-15)10-13-9-11-2-3-12(13)8-11/h2-3,11-13,15H,4-10H2,1H3. The number of methoxy groups -OCH3 is 1. The van der Waals surface area contributed by atoms with Gasteiger partial charge in [-0.05, 0) is 30.6 Å². The van der Waals surface area contributed by atoms with Crippen LogP contribution in [0.25, 0.3) is 0 Å². The molecule has 0 aromatic carbocycles. The van der Waals surface area contributed by atoms with Gasteiger partial charge in [0.05, 0.1) is 13.2 Å². The predicted molar refractivity (Wildman–Crippen MR) is 64.2 cm³/mol. The van der Waals surface area contributed by atoms with Gasteiger partial charge in [-0.2, -0.15) is 0 Å².